The lowest BCUT2D eigenvalue weighted by Gasteiger charge is -2.14. The Balaban J connectivity index is 2.65. The van der Waals surface area contributed by atoms with Crippen molar-refractivity contribution in [1.29, 1.82) is 5.41 Å². The van der Waals surface area contributed by atoms with Crippen LogP contribution in [-0.2, 0) is 6.42 Å². The standard InChI is InChI=1S/C15H20N2S/c1-4-8-13-14(12-9-6-5-7-10-12)17(11(2)3)15(16)18-13/h5-7,9-11,16H,4,8H2,1-3H3. The largest absolute Gasteiger partial charge is 0.314 e. The molecule has 0 saturated heterocycles. The van der Waals surface area contributed by atoms with E-state index in [4.69, 9.17) is 5.41 Å². The SMILES string of the molecule is CCCc1sc(=N)n(C(C)C)c1-c1ccccc1. The predicted octanol–water partition coefficient (Wildman–Crippen LogP) is 4.23. The van der Waals surface area contributed by atoms with Gasteiger partial charge in [0.2, 0.25) is 0 Å². The summed E-state index contributed by atoms with van der Waals surface area (Å²) in [6.07, 6.45) is 2.18. The van der Waals surface area contributed by atoms with Crippen LogP contribution in [0.3, 0.4) is 0 Å². The van der Waals surface area contributed by atoms with Crippen LogP contribution in [0.1, 0.15) is 38.1 Å². The van der Waals surface area contributed by atoms with Crippen LogP contribution in [0.25, 0.3) is 11.3 Å². The lowest BCUT2D eigenvalue weighted by molar-refractivity contribution is 0.584. The zero-order valence-corrected chi connectivity index (χ0v) is 12.1. The number of aromatic nitrogens is 1. The number of benzene rings is 1. The van der Waals surface area contributed by atoms with E-state index in [1.807, 2.05) is 6.07 Å². The molecule has 2 nitrogen and oxygen atoms in total. The van der Waals surface area contributed by atoms with Crippen molar-refractivity contribution in [2.75, 3.05) is 0 Å². The van der Waals surface area contributed by atoms with Crippen LogP contribution in [0.5, 0.6) is 0 Å². The molecule has 2 rings (SSSR count). The number of thiazole rings is 1. The minimum atomic E-state index is 0.328. The fourth-order valence-corrected chi connectivity index (χ4v) is 3.49. The Labute approximate surface area is 112 Å². The summed E-state index contributed by atoms with van der Waals surface area (Å²) in [5.74, 6) is 0. The Bertz CT molecular complexity index is 564. The molecule has 1 N–H and O–H groups in total. The van der Waals surface area contributed by atoms with E-state index in [9.17, 15) is 0 Å². The molecule has 1 aromatic carbocycles. The van der Waals surface area contributed by atoms with Gasteiger partial charge in [-0.3, -0.25) is 5.41 Å². The first kappa shape index (κ1) is 13.1. The van der Waals surface area contributed by atoms with Crippen molar-refractivity contribution in [2.45, 2.75) is 39.7 Å². The van der Waals surface area contributed by atoms with Crippen molar-refractivity contribution in [3.63, 3.8) is 0 Å². The first-order chi connectivity index (χ1) is 8.65. The van der Waals surface area contributed by atoms with Gasteiger partial charge in [-0.15, -0.1) is 11.3 Å². The number of hydrogen-bond acceptors (Lipinski definition) is 2. The van der Waals surface area contributed by atoms with E-state index in [1.54, 1.807) is 11.3 Å². The zero-order valence-electron chi connectivity index (χ0n) is 11.2. The Morgan fingerprint density at radius 1 is 1.22 bits per heavy atom. The first-order valence-electron chi connectivity index (χ1n) is 6.49. The minimum Gasteiger partial charge on any atom is -0.314 e. The van der Waals surface area contributed by atoms with E-state index in [1.165, 1.54) is 16.1 Å². The van der Waals surface area contributed by atoms with Gasteiger partial charge in [-0.05, 0) is 25.8 Å². The third-order valence-corrected chi connectivity index (χ3v) is 4.02. The second-order valence-corrected chi connectivity index (χ2v) is 5.84. The van der Waals surface area contributed by atoms with Crippen molar-refractivity contribution in [3.8, 4) is 11.3 Å². The van der Waals surface area contributed by atoms with Gasteiger partial charge >= 0.3 is 0 Å². The fourth-order valence-electron chi connectivity index (χ4n) is 2.24. The number of aryl methyl sites for hydroxylation is 1. The molecule has 1 aromatic heterocycles. The van der Waals surface area contributed by atoms with E-state index < -0.39 is 0 Å². The molecule has 0 aliphatic rings. The molecule has 0 spiro atoms. The lowest BCUT2D eigenvalue weighted by Crippen LogP contribution is -2.16. The maximum Gasteiger partial charge on any atom is 0.182 e. The summed E-state index contributed by atoms with van der Waals surface area (Å²) in [6, 6.07) is 10.8. The quantitative estimate of drug-likeness (QED) is 0.852. The lowest BCUT2D eigenvalue weighted by atomic mass is 10.1. The summed E-state index contributed by atoms with van der Waals surface area (Å²) in [6.45, 7) is 6.48. The molecular formula is C15H20N2S. The van der Waals surface area contributed by atoms with E-state index in [-0.39, 0.29) is 0 Å². The van der Waals surface area contributed by atoms with E-state index in [0.717, 1.165) is 12.8 Å². The first-order valence-corrected chi connectivity index (χ1v) is 7.31. The van der Waals surface area contributed by atoms with E-state index >= 15 is 0 Å². The molecule has 0 amide bonds. The summed E-state index contributed by atoms with van der Waals surface area (Å²) >= 11 is 1.62. The average Bonchev–Trinajstić information content (AvgIpc) is 2.67. The van der Waals surface area contributed by atoms with Crippen molar-refractivity contribution >= 4 is 11.3 Å². The van der Waals surface area contributed by atoms with Gasteiger partial charge in [-0.25, -0.2) is 0 Å². The van der Waals surface area contributed by atoms with Gasteiger partial charge in [0.05, 0.1) is 5.69 Å². The molecular weight excluding hydrogens is 240 g/mol. The summed E-state index contributed by atoms with van der Waals surface area (Å²) < 4.78 is 2.14. The number of hydrogen-bond donors (Lipinski definition) is 1. The molecule has 0 radical (unpaired) electrons. The van der Waals surface area contributed by atoms with Crippen molar-refractivity contribution in [2.24, 2.45) is 0 Å². The van der Waals surface area contributed by atoms with Crippen LogP contribution in [0.2, 0.25) is 0 Å². The van der Waals surface area contributed by atoms with Crippen LogP contribution in [0, 0.1) is 5.41 Å². The maximum absolute atomic E-state index is 8.17. The molecule has 0 saturated carbocycles. The maximum atomic E-state index is 8.17. The smallest absolute Gasteiger partial charge is 0.182 e. The Kier molecular flexibility index (Phi) is 4.02. The van der Waals surface area contributed by atoms with Crippen molar-refractivity contribution in [3.05, 3.63) is 40.0 Å². The Hall–Kier alpha value is -1.35. The Morgan fingerprint density at radius 2 is 1.89 bits per heavy atom. The zero-order chi connectivity index (χ0) is 13.1. The predicted molar refractivity (Wildman–Crippen MR) is 78.0 cm³/mol. The number of nitrogens with one attached hydrogen (secondary N) is 1. The highest BCUT2D eigenvalue weighted by Gasteiger charge is 2.15. The van der Waals surface area contributed by atoms with E-state index in [0.29, 0.717) is 10.8 Å². The summed E-state index contributed by atoms with van der Waals surface area (Å²) in [7, 11) is 0. The molecule has 18 heavy (non-hydrogen) atoms. The Morgan fingerprint density at radius 3 is 2.44 bits per heavy atom. The minimum absolute atomic E-state index is 0.328. The summed E-state index contributed by atoms with van der Waals surface area (Å²) in [4.78, 5) is 2.00. The number of nitrogens with zero attached hydrogens (tertiary/aromatic N) is 1. The number of rotatable bonds is 4. The second kappa shape index (κ2) is 5.53. The fraction of sp³-hybridized carbons (Fsp3) is 0.400. The van der Waals surface area contributed by atoms with E-state index in [2.05, 4.69) is 49.6 Å². The monoisotopic (exact) mass is 260 g/mol. The molecule has 0 unspecified atom stereocenters. The molecule has 0 aliphatic carbocycles. The van der Waals surface area contributed by atoms with Gasteiger partial charge in [0.15, 0.2) is 4.80 Å². The molecule has 1 heterocycles. The second-order valence-electron chi connectivity index (χ2n) is 4.76. The average molecular weight is 260 g/mol. The molecule has 0 fully saturated rings. The van der Waals surface area contributed by atoms with Crippen molar-refractivity contribution in [1.82, 2.24) is 4.57 Å². The molecule has 0 atom stereocenters. The van der Waals surface area contributed by atoms with Crippen LogP contribution in [0.15, 0.2) is 30.3 Å². The summed E-state index contributed by atoms with van der Waals surface area (Å²) in [5, 5.41) is 8.17. The van der Waals surface area contributed by atoms with Crippen LogP contribution >= 0.6 is 11.3 Å². The van der Waals surface area contributed by atoms with Gasteiger partial charge in [-0.1, -0.05) is 43.7 Å². The van der Waals surface area contributed by atoms with Crippen LogP contribution < -0.4 is 4.80 Å². The molecule has 3 heteroatoms. The molecule has 0 aliphatic heterocycles. The highest BCUT2D eigenvalue weighted by Crippen LogP contribution is 2.29. The van der Waals surface area contributed by atoms with Crippen molar-refractivity contribution < 1.29 is 0 Å². The highest BCUT2D eigenvalue weighted by atomic mass is 32.1. The van der Waals surface area contributed by atoms with Gasteiger partial charge < -0.3 is 4.57 Å². The van der Waals surface area contributed by atoms with Crippen LogP contribution in [0.4, 0.5) is 0 Å². The van der Waals surface area contributed by atoms with Gasteiger partial charge in [0.25, 0.3) is 0 Å². The summed E-state index contributed by atoms with van der Waals surface area (Å²) in [5.41, 5.74) is 2.46. The van der Waals surface area contributed by atoms with Gasteiger partial charge in [-0.2, -0.15) is 0 Å². The van der Waals surface area contributed by atoms with Gasteiger partial charge in [0, 0.05) is 10.9 Å². The highest BCUT2D eigenvalue weighted by molar-refractivity contribution is 7.09. The third kappa shape index (κ3) is 2.41. The third-order valence-electron chi connectivity index (χ3n) is 2.98. The van der Waals surface area contributed by atoms with Gasteiger partial charge in [0.1, 0.15) is 0 Å². The normalized spacial score (nSPS) is 11.1. The molecule has 96 valence electrons. The van der Waals surface area contributed by atoms with Crippen LogP contribution in [-0.4, -0.2) is 4.57 Å². The molecule has 0 bridgehead atoms. The topological polar surface area (TPSA) is 28.8 Å². The molecule has 2 aromatic rings.